The van der Waals surface area contributed by atoms with Crippen molar-refractivity contribution in [3.63, 3.8) is 0 Å². The molecule has 1 fully saturated rings. The molecule has 3 N–H and O–H groups in total. The Balaban J connectivity index is 2.07. The standard InChI is InChI=1S/C13H21BrN2OS/c1-9(15)13(11-2-3-12(14)18-11)16-6-4-10(8-16)5-7-17/h2-3,9-10,13,17H,4-8,15H2,1H3. The minimum Gasteiger partial charge on any atom is -0.396 e. The summed E-state index contributed by atoms with van der Waals surface area (Å²) in [7, 11) is 0. The van der Waals surface area contributed by atoms with Gasteiger partial charge in [-0.15, -0.1) is 11.3 Å². The van der Waals surface area contributed by atoms with E-state index in [9.17, 15) is 0 Å². The summed E-state index contributed by atoms with van der Waals surface area (Å²) >= 11 is 5.29. The Morgan fingerprint density at radius 2 is 2.39 bits per heavy atom. The van der Waals surface area contributed by atoms with Crippen LogP contribution in [-0.2, 0) is 0 Å². The summed E-state index contributed by atoms with van der Waals surface area (Å²) in [5, 5.41) is 9.03. The summed E-state index contributed by atoms with van der Waals surface area (Å²) in [5.41, 5.74) is 6.18. The third-order valence-corrected chi connectivity index (χ3v) is 5.33. The predicted octanol–water partition coefficient (Wildman–Crippen LogP) is 2.60. The second-order valence-corrected chi connectivity index (χ2v) is 7.60. The van der Waals surface area contributed by atoms with Gasteiger partial charge in [0, 0.05) is 24.1 Å². The fraction of sp³-hybridized carbons (Fsp3) is 0.692. The maximum absolute atomic E-state index is 9.03. The fourth-order valence-corrected chi connectivity index (χ4v) is 4.47. The van der Waals surface area contributed by atoms with Gasteiger partial charge in [-0.2, -0.15) is 0 Å². The van der Waals surface area contributed by atoms with Gasteiger partial charge in [0.25, 0.3) is 0 Å². The Morgan fingerprint density at radius 3 is 2.94 bits per heavy atom. The smallest absolute Gasteiger partial charge is 0.0702 e. The molecule has 1 aromatic rings. The van der Waals surface area contributed by atoms with Gasteiger partial charge in [-0.1, -0.05) is 0 Å². The zero-order valence-corrected chi connectivity index (χ0v) is 13.1. The molecule has 0 amide bonds. The Hall–Kier alpha value is 0.0600. The molecule has 1 saturated heterocycles. The van der Waals surface area contributed by atoms with E-state index in [-0.39, 0.29) is 6.04 Å². The second-order valence-electron chi connectivity index (χ2n) is 5.11. The quantitative estimate of drug-likeness (QED) is 0.871. The number of aliphatic hydroxyl groups excluding tert-OH is 1. The van der Waals surface area contributed by atoms with E-state index < -0.39 is 0 Å². The first-order valence-corrected chi connectivity index (χ1v) is 8.08. The topological polar surface area (TPSA) is 49.5 Å². The summed E-state index contributed by atoms with van der Waals surface area (Å²) in [4.78, 5) is 3.81. The third-order valence-electron chi connectivity index (χ3n) is 3.63. The second kappa shape index (κ2) is 6.48. The molecule has 3 atom stereocenters. The summed E-state index contributed by atoms with van der Waals surface area (Å²) < 4.78 is 1.16. The van der Waals surface area contributed by atoms with Crippen molar-refractivity contribution in [1.82, 2.24) is 4.90 Å². The number of nitrogens with two attached hydrogens (primary N) is 1. The van der Waals surface area contributed by atoms with Gasteiger partial charge in [-0.05, 0) is 60.3 Å². The zero-order valence-electron chi connectivity index (χ0n) is 10.7. The highest BCUT2D eigenvalue weighted by molar-refractivity contribution is 9.11. The van der Waals surface area contributed by atoms with Crippen molar-refractivity contribution in [2.45, 2.75) is 31.8 Å². The van der Waals surface area contributed by atoms with Gasteiger partial charge in [0.1, 0.15) is 0 Å². The molecular weight excluding hydrogens is 312 g/mol. The number of rotatable bonds is 5. The highest BCUT2D eigenvalue weighted by atomic mass is 79.9. The average Bonchev–Trinajstić information content (AvgIpc) is 2.90. The molecule has 0 bridgehead atoms. The van der Waals surface area contributed by atoms with Crippen molar-refractivity contribution >= 4 is 27.3 Å². The number of nitrogens with zero attached hydrogens (tertiary/aromatic N) is 1. The van der Waals surface area contributed by atoms with E-state index in [0.29, 0.717) is 18.6 Å². The van der Waals surface area contributed by atoms with E-state index in [2.05, 4.69) is 39.9 Å². The molecule has 18 heavy (non-hydrogen) atoms. The van der Waals surface area contributed by atoms with Crippen molar-refractivity contribution in [2.75, 3.05) is 19.7 Å². The third kappa shape index (κ3) is 3.33. The summed E-state index contributed by atoms with van der Waals surface area (Å²) in [6.45, 7) is 4.53. The first-order valence-electron chi connectivity index (χ1n) is 6.47. The molecule has 0 aliphatic carbocycles. The molecule has 1 aromatic heterocycles. The molecule has 2 heterocycles. The Bertz CT molecular complexity index is 383. The summed E-state index contributed by atoms with van der Waals surface area (Å²) in [6.07, 6.45) is 2.09. The first-order chi connectivity index (χ1) is 8.61. The SMILES string of the molecule is CC(N)C(c1ccc(Br)s1)N1CCC(CCO)C1. The van der Waals surface area contributed by atoms with Gasteiger partial charge >= 0.3 is 0 Å². The van der Waals surface area contributed by atoms with Crippen molar-refractivity contribution in [3.8, 4) is 0 Å². The van der Waals surface area contributed by atoms with Crippen LogP contribution in [-0.4, -0.2) is 35.7 Å². The van der Waals surface area contributed by atoms with E-state index in [1.54, 1.807) is 11.3 Å². The lowest BCUT2D eigenvalue weighted by atomic mass is 10.1. The van der Waals surface area contributed by atoms with Crippen molar-refractivity contribution < 1.29 is 5.11 Å². The molecule has 0 radical (unpaired) electrons. The predicted molar refractivity (Wildman–Crippen MR) is 79.8 cm³/mol. The number of aliphatic hydroxyl groups is 1. The minimum atomic E-state index is 0.128. The molecule has 0 spiro atoms. The zero-order chi connectivity index (χ0) is 13.1. The van der Waals surface area contributed by atoms with Crippen molar-refractivity contribution in [3.05, 3.63) is 20.8 Å². The van der Waals surface area contributed by atoms with Crippen LogP contribution in [0, 0.1) is 5.92 Å². The molecular formula is C13H21BrN2OS. The van der Waals surface area contributed by atoms with E-state index in [1.165, 1.54) is 11.3 Å². The van der Waals surface area contributed by atoms with Crippen molar-refractivity contribution in [1.29, 1.82) is 0 Å². The first kappa shape index (κ1) is 14.5. The largest absolute Gasteiger partial charge is 0.396 e. The summed E-state index contributed by atoms with van der Waals surface area (Å²) in [6, 6.07) is 4.70. The van der Waals surface area contributed by atoms with E-state index >= 15 is 0 Å². The summed E-state index contributed by atoms with van der Waals surface area (Å²) in [5.74, 6) is 0.625. The molecule has 0 saturated carbocycles. The number of halogens is 1. The minimum absolute atomic E-state index is 0.128. The lowest BCUT2D eigenvalue weighted by Gasteiger charge is -2.30. The van der Waals surface area contributed by atoms with E-state index in [4.69, 9.17) is 10.8 Å². The maximum atomic E-state index is 9.03. The number of hydrogen-bond acceptors (Lipinski definition) is 4. The van der Waals surface area contributed by atoms with Crippen LogP contribution in [0.1, 0.15) is 30.7 Å². The average molecular weight is 333 g/mol. The Labute approximate surface area is 121 Å². The highest BCUT2D eigenvalue weighted by Gasteiger charge is 2.31. The van der Waals surface area contributed by atoms with E-state index in [0.717, 1.165) is 23.3 Å². The van der Waals surface area contributed by atoms with Crippen LogP contribution in [0.3, 0.4) is 0 Å². The number of hydrogen-bond donors (Lipinski definition) is 2. The molecule has 1 aliphatic heterocycles. The van der Waals surface area contributed by atoms with E-state index in [1.807, 2.05) is 0 Å². The van der Waals surface area contributed by atoms with Gasteiger partial charge in [0.2, 0.25) is 0 Å². The van der Waals surface area contributed by atoms with Gasteiger partial charge < -0.3 is 10.8 Å². The molecule has 1 aliphatic rings. The fourth-order valence-electron chi connectivity index (χ4n) is 2.79. The lowest BCUT2D eigenvalue weighted by Crippen LogP contribution is -2.37. The monoisotopic (exact) mass is 332 g/mol. The Morgan fingerprint density at radius 1 is 1.61 bits per heavy atom. The van der Waals surface area contributed by atoms with Crippen LogP contribution in [0.15, 0.2) is 15.9 Å². The highest BCUT2D eigenvalue weighted by Crippen LogP contribution is 2.35. The van der Waals surface area contributed by atoms with Crippen LogP contribution in [0.2, 0.25) is 0 Å². The van der Waals surface area contributed by atoms with Gasteiger partial charge in [0.15, 0.2) is 0 Å². The van der Waals surface area contributed by atoms with Gasteiger partial charge in [-0.3, -0.25) is 4.90 Å². The number of thiophene rings is 1. The van der Waals surface area contributed by atoms with Crippen LogP contribution < -0.4 is 5.73 Å². The molecule has 5 heteroatoms. The van der Waals surface area contributed by atoms with Crippen molar-refractivity contribution in [2.24, 2.45) is 11.7 Å². The number of likely N-dealkylation sites (tertiary alicyclic amines) is 1. The normalized spacial score (nSPS) is 24.3. The Kier molecular flexibility index (Phi) is 5.21. The molecule has 2 rings (SSSR count). The lowest BCUT2D eigenvalue weighted by molar-refractivity contribution is 0.203. The van der Waals surface area contributed by atoms with Crippen LogP contribution in [0.4, 0.5) is 0 Å². The van der Waals surface area contributed by atoms with Crippen LogP contribution in [0.5, 0.6) is 0 Å². The molecule has 102 valence electrons. The van der Waals surface area contributed by atoms with Gasteiger partial charge in [0.05, 0.1) is 9.83 Å². The molecule has 3 nitrogen and oxygen atoms in total. The van der Waals surface area contributed by atoms with Crippen LogP contribution in [0.25, 0.3) is 0 Å². The molecule has 3 unspecified atom stereocenters. The van der Waals surface area contributed by atoms with Gasteiger partial charge in [-0.25, -0.2) is 0 Å². The maximum Gasteiger partial charge on any atom is 0.0702 e. The van der Waals surface area contributed by atoms with Crippen LogP contribution >= 0.6 is 27.3 Å². The molecule has 0 aromatic carbocycles.